The molecule has 0 aliphatic heterocycles. The van der Waals surface area contributed by atoms with E-state index in [1.54, 1.807) is 18.2 Å². The number of nitrogens with zero attached hydrogens (tertiary/aromatic N) is 2. The van der Waals surface area contributed by atoms with Gasteiger partial charge in [0.05, 0.1) is 15.6 Å². The van der Waals surface area contributed by atoms with Crippen LogP contribution in [0.5, 0.6) is 0 Å². The van der Waals surface area contributed by atoms with Gasteiger partial charge in [0.15, 0.2) is 0 Å². The lowest BCUT2D eigenvalue weighted by Gasteiger charge is -2.35. The molecule has 0 spiro atoms. The summed E-state index contributed by atoms with van der Waals surface area (Å²) in [5, 5.41) is 2.69. The molecule has 0 aliphatic rings. The van der Waals surface area contributed by atoms with Crippen molar-refractivity contribution in [2.75, 3.05) is 10.8 Å². The van der Waals surface area contributed by atoms with Crippen molar-refractivity contribution in [3.05, 3.63) is 130 Å². The van der Waals surface area contributed by atoms with Gasteiger partial charge in [-0.15, -0.1) is 0 Å². The summed E-state index contributed by atoms with van der Waals surface area (Å²) in [5.74, 6) is -1.77. The molecule has 11 heteroatoms. The lowest BCUT2D eigenvalue weighted by Crippen LogP contribution is -2.56. The van der Waals surface area contributed by atoms with E-state index in [1.807, 2.05) is 75.4 Å². The summed E-state index contributed by atoms with van der Waals surface area (Å²) in [5.41, 5.74) is 0.934. The number of hydrogen-bond acceptors (Lipinski definition) is 4. The van der Waals surface area contributed by atoms with Crippen LogP contribution in [0.1, 0.15) is 31.9 Å². The Morgan fingerprint density at radius 3 is 2.11 bits per heavy atom. The quantitative estimate of drug-likeness (QED) is 0.182. The van der Waals surface area contributed by atoms with Gasteiger partial charge in [0.25, 0.3) is 10.0 Å². The Bertz CT molecular complexity index is 1750. The van der Waals surface area contributed by atoms with E-state index in [1.165, 1.54) is 23.1 Å². The molecule has 45 heavy (non-hydrogen) atoms. The molecule has 0 radical (unpaired) electrons. The Labute approximate surface area is 277 Å². The predicted molar refractivity (Wildman–Crippen MR) is 179 cm³/mol. The van der Waals surface area contributed by atoms with Crippen LogP contribution >= 0.6 is 27.5 Å². The number of hydrogen-bond donors (Lipinski definition) is 1. The molecular weight excluding hydrogens is 681 g/mol. The summed E-state index contributed by atoms with van der Waals surface area (Å²) >= 11 is 9.54. The fraction of sp³-hybridized carbons (Fsp3) is 0.235. The number of nitrogens with one attached hydrogen (secondary N) is 1. The molecule has 4 aromatic rings. The first kappa shape index (κ1) is 34.1. The molecule has 4 rings (SSSR count). The summed E-state index contributed by atoms with van der Waals surface area (Å²) in [6.45, 7) is 4.87. The molecule has 2 amide bonds. The maximum atomic E-state index is 14.5. The largest absolute Gasteiger partial charge is 0.350 e. The van der Waals surface area contributed by atoms with E-state index >= 15 is 0 Å². The van der Waals surface area contributed by atoms with Gasteiger partial charge < -0.3 is 10.2 Å². The molecule has 0 fully saturated rings. The van der Waals surface area contributed by atoms with Crippen LogP contribution in [-0.2, 0) is 32.6 Å². The van der Waals surface area contributed by atoms with Crippen molar-refractivity contribution in [3.8, 4) is 0 Å². The van der Waals surface area contributed by atoms with E-state index in [0.29, 0.717) is 0 Å². The van der Waals surface area contributed by atoms with Crippen LogP contribution in [-0.4, -0.2) is 43.3 Å². The second kappa shape index (κ2) is 14.6. The van der Waals surface area contributed by atoms with Gasteiger partial charge in [-0.3, -0.25) is 13.9 Å². The van der Waals surface area contributed by atoms with Crippen LogP contribution in [0.3, 0.4) is 0 Å². The van der Waals surface area contributed by atoms with Gasteiger partial charge in [0.1, 0.15) is 18.4 Å². The molecule has 1 N–H and O–H groups in total. The van der Waals surface area contributed by atoms with E-state index in [-0.39, 0.29) is 28.6 Å². The van der Waals surface area contributed by atoms with E-state index in [9.17, 15) is 22.4 Å². The zero-order chi connectivity index (χ0) is 32.8. The minimum absolute atomic E-state index is 0.000221. The first-order valence-electron chi connectivity index (χ1n) is 14.2. The highest BCUT2D eigenvalue weighted by molar-refractivity contribution is 9.10. The van der Waals surface area contributed by atoms with Gasteiger partial charge in [0, 0.05) is 23.0 Å². The fourth-order valence-corrected chi connectivity index (χ4v) is 6.78. The number of benzene rings is 4. The van der Waals surface area contributed by atoms with Crippen molar-refractivity contribution in [3.63, 3.8) is 0 Å². The molecule has 0 bridgehead atoms. The van der Waals surface area contributed by atoms with Crippen molar-refractivity contribution >= 4 is 55.1 Å². The van der Waals surface area contributed by atoms with Gasteiger partial charge in [-0.1, -0.05) is 88.2 Å². The van der Waals surface area contributed by atoms with E-state index in [0.717, 1.165) is 32.0 Å². The van der Waals surface area contributed by atoms with Gasteiger partial charge >= 0.3 is 0 Å². The Kier molecular flexibility index (Phi) is 11.1. The smallest absolute Gasteiger partial charge is 0.264 e. The zero-order valence-corrected chi connectivity index (χ0v) is 28.2. The van der Waals surface area contributed by atoms with Crippen LogP contribution in [0.25, 0.3) is 0 Å². The molecule has 0 saturated heterocycles. The maximum Gasteiger partial charge on any atom is 0.264 e. The third-order valence-electron chi connectivity index (χ3n) is 6.81. The molecule has 0 heterocycles. The normalized spacial score (nSPS) is 12.3. The average Bonchev–Trinajstić information content (AvgIpc) is 2.99. The predicted octanol–water partition coefficient (Wildman–Crippen LogP) is 6.99. The van der Waals surface area contributed by atoms with Crippen molar-refractivity contribution < 1.29 is 22.4 Å². The van der Waals surface area contributed by atoms with Crippen molar-refractivity contribution in [2.24, 2.45) is 0 Å². The van der Waals surface area contributed by atoms with Crippen molar-refractivity contribution in [1.82, 2.24) is 10.2 Å². The first-order valence-corrected chi connectivity index (χ1v) is 16.8. The standard InChI is InChI=1S/C34H34BrClFN3O4S/c1-34(2,3)38-33(42)31(20-24-11-6-4-7-12-24)39(22-25-13-10-14-26(35)19-25)32(41)23-40(27-17-18-30(37)29(36)21-27)45(43,44)28-15-8-5-9-16-28/h4-19,21,31H,20,22-23H2,1-3H3,(H,38,42)/t31-/m0/s1. The van der Waals surface area contributed by atoms with Crippen LogP contribution in [0.4, 0.5) is 10.1 Å². The lowest BCUT2D eigenvalue weighted by molar-refractivity contribution is -0.140. The third kappa shape index (κ3) is 9.15. The second-order valence-corrected chi connectivity index (χ2v) is 14.7. The van der Waals surface area contributed by atoms with Crippen LogP contribution in [0.2, 0.25) is 5.02 Å². The molecule has 1 atom stereocenters. The highest BCUT2D eigenvalue weighted by Gasteiger charge is 2.35. The van der Waals surface area contributed by atoms with Gasteiger partial charge in [-0.25, -0.2) is 12.8 Å². The summed E-state index contributed by atoms with van der Waals surface area (Å²) < 4.78 is 43.8. The minimum atomic E-state index is -4.33. The molecule has 7 nitrogen and oxygen atoms in total. The summed E-state index contributed by atoms with van der Waals surface area (Å²) in [4.78, 5) is 29.7. The highest BCUT2D eigenvalue weighted by Crippen LogP contribution is 2.29. The Balaban J connectivity index is 1.83. The zero-order valence-electron chi connectivity index (χ0n) is 25.1. The third-order valence-corrected chi connectivity index (χ3v) is 9.38. The van der Waals surface area contributed by atoms with Crippen LogP contribution < -0.4 is 9.62 Å². The molecule has 0 aliphatic carbocycles. The maximum absolute atomic E-state index is 14.5. The second-order valence-electron chi connectivity index (χ2n) is 11.5. The van der Waals surface area contributed by atoms with Crippen molar-refractivity contribution in [2.45, 2.75) is 50.2 Å². The molecule has 236 valence electrons. The first-order chi connectivity index (χ1) is 21.2. The summed E-state index contributed by atoms with van der Waals surface area (Å²) in [7, 11) is -4.33. The van der Waals surface area contributed by atoms with Gasteiger partial charge in [0.2, 0.25) is 11.8 Å². The average molecular weight is 715 g/mol. The molecular formula is C34H34BrClFN3O4S. The number of halogens is 3. The Morgan fingerprint density at radius 1 is 0.889 bits per heavy atom. The monoisotopic (exact) mass is 713 g/mol. The number of carbonyl (C=O) groups excluding carboxylic acids is 2. The Morgan fingerprint density at radius 2 is 1.51 bits per heavy atom. The number of amides is 2. The molecule has 0 unspecified atom stereocenters. The van der Waals surface area contributed by atoms with Crippen molar-refractivity contribution in [1.29, 1.82) is 0 Å². The molecule has 4 aromatic carbocycles. The SMILES string of the molecule is CC(C)(C)NC(=O)[C@H](Cc1ccccc1)N(Cc1cccc(Br)c1)C(=O)CN(c1ccc(F)c(Cl)c1)S(=O)(=O)c1ccccc1. The van der Waals surface area contributed by atoms with E-state index < -0.39 is 45.8 Å². The highest BCUT2D eigenvalue weighted by atomic mass is 79.9. The number of rotatable bonds is 11. The van der Waals surface area contributed by atoms with Crippen LogP contribution in [0.15, 0.2) is 112 Å². The molecule has 0 aromatic heterocycles. The van der Waals surface area contributed by atoms with E-state index in [4.69, 9.17) is 11.6 Å². The lowest BCUT2D eigenvalue weighted by atomic mass is 10.0. The molecule has 0 saturated carbocycles. The Hall–Kier alpha value is -3.73. The fourth-order valence-electron chi connectivity index (χ4n) is 4.73. The van der Waals surface area contributed by atoms with Gasteiger partial charge in [-0.2, -0.15) is 0 Å². The van der Waals surface area contributed by atoms with E-state index in [2.05, 4.69) is 21.2 Å². The topological polar surface area (TPSA) is 86.8 Å². The minimum Gasteiger partial charge on any atom is -0.350 e. The van der Waals surface area contributed by atoms with Crippen LogP contribution in [0, 0.1) is 5.82 Å². The number of sulfonamides is 1. The number of carbonyl (C=O) groups is 2. The summed E-state index contributed by atoms with van der Waals surface area (Å²) in [6, 6.07) is 26.7. The summed E-state index contributed by atoms with van der Waals surface area (Å²) in [6.07, 6.45) is 0.177. The van der Waals surface area contributed by atoms with Gasteiger partial charge in [-0.05, 0) is 74.4 Å². The number of anilines is 1.